The summed E-state index contributed by atoms with van der Waals surface area (Å²) in [6.45, 7) is 3.22. The molecule has 0 N–H and O–H groups in total. The zero-order valence-corrected chi connectivity index (χ0v) is 17.2. The van der Waals surface area contributed by atoms with E-state index in [1.165, 1.54) is 0 Å². The van der Waals surface area contributed by atoms with E-state index in [0.29, 0.717) is 19.0 Å². The fourth-order valence-corrected chi connectivity index (χ4v) is 3.69. The van der Waals surface area contributed by atoms with Crippen LogP contribution >= 0.6 is 0 Å². The highest BCUT2D eigenvalue weighted by Crippen LogP contribution is 2.37. The Balaban J connectivity index is 2.07. The van der Waals surface area contributed by atoms with Crippen molar-refractivity contribution in [3.8, 4) is 11.1 Å². The zero-order chi connectivity index (χ0) is 20.1. The molecule has 2 aromatic rings. The van der Waals surface area contributed by atoms with Crippen LogP contribution in [0.5, 0.6) is 0 Å². The molecule has 0 bridgehead atoms. The largest absolute Gasteiger partial charge is 0.384 e. The Labute approximate surface area is 166 Å². The fraction of sp³-hybridized carbons (Fsp3) is 0.524. The number of carbonyl (C=O) groups excluding carboxylic acids is 1. The molecule has 1 aliphatic heterocycles. The third-order valence-electron chi connectivity index (χ3n) is 5.17. The van der Waals surface area contributed by atoms with Gasteiger partial charge in [0.25, 0.3) is 0 Å². The number of rotatable bonds is 6. The van der Waals surface area contributed by atoms with Gasteiger partial charge in [0.15, 0.2) is 0 Å². The van der Waals surface area contributed by atoms with E-state index in [4.69, 9.17) is 9.72 Å². The summed E-state index contributed by atoms with van der Waals surface area (Å²) in [5, 5.41) is 0. The van der Waals surface area contributed by atoms with Crippen molar-refractivity contribution in [3.63, 3.8) is 0 Å². The first-order valence-corrected chi connectivity index (χ1v) is 9.76. The molecule has 1 unspecified atom stereocenters. The van der Waals surface area contributed by atoms with Crippen LogP contribution in [0.1, 0.15) is 43.0 Å². The maximum atomic E-state index is 12.9. The minimum absolute atomic E-state index is 0.0534. The van der Waals surface area contributed by atoms with E-state index < -0.39 is 0 Å². The SMILES string of the molecule is COCCC(=O)N1CCCCC1c1nc(N(C)C)ncc1-c1ccncc1C. The lowest BCUT2D eigenvalue weighted by Crippen LogP contribution is -2.39. The summed E-state index contributed by atoms with van der Waals surface area (Å²) in [5.74, 6) is 0.772. The van der Waals surface area contributed by atoms with Crippen LogP contribution in [-0.2, 0) is 9.53 Å². The third kappa shape index (κ3) is 4.30. The van der Waals surface area contributed by atoms with E-state index in [1.807, 2.05) is 49.3 Å². The molecule has 1 amide bonds. The average molecular weight is 383 g/mol. The number of carbonyl (C=O) groups is 1. The van der Waals surface area contributed by atoms with E-state index in [0.717, 1.165) is 48.2 Å². The van der Waals surface area contributed by atoms with E-state index in [1.54, 1.807) is 13.3 Å². The topological polar surface area (TPSA) is 71.5 Å². The summed E-state index contributed by atoms with van der Waals surface area (Å²) in [4.78, 5) is 30.4. The van der Waals surface area contributed by atoms with Crippen molar-refractivity contribution in [2.24, 2.45) is 0 Å². The number of anilines is 1. The molecule has 0 aliphatic carbocycles. The number of likely N-dealkylation sites (tertiary alicyclic amines) is 1. The summed E-state index contributed by atoms with van der Waals surface area (Å²) in [6.07, 6.45) is 8.91. The monoisotopic (exact) mass is 383 g/mol. The van der Waals surface area contributed by atoms with Gasteiger partial charge < -0.3 is 14.5 Å². The molecular weight excluding hydrogens is 354 g/mol. The van der Waals surface area contributed by atoms with Gasteiger partial charge in [-0.15, -0.1) is 0 Å². The van der Waals surface area contributed by atoms with Gasteiger partial charge in [0, 0.05) is 51.9 Å². The number of amides is 1. The minimum Gasteiger partial charge on any atom is -0.384 e. The van der Waals surface area contributed by atoms with Gasteiger partial charge in [-0.2, -0.15) is 0 Å². The molecule has 0 aromatic carbocycles. The predicted molar refractivity (Wildman–Crippen MR) is 109 cm³/mol. The number of pyridine rings is 1. The lowest BCUT2D eigenvalue weighted by molar-refractivity contribution is -0.136. The third-order valence-corrected chi connectivity index (χ3v) is 5.17. The summed E-state index contributed by atoms with van der Waals surface area (Å²) in [5.41, 5.74) is 4.02. The van der Waals surface area contributed by atoms with Gasteiger partial charge >= 0.3 is 0 Å². The van der Waals surface area contributed by atoms with E-state index >= 15 is 0 Å². The first-order chi connectivity index (χ1) is 13.5. The molecule has 1 atom stereocenters. The molecule has 7 heteroatoms. The first kappa shape index (κ1) is 20.2. The lowest BCUT2D eigenvalue weighted by atomic mass is 9.92. The van der Waals surface area contributed by atoms with E-state index in [-0.39, 0.29) is 11.9 Å². The molecular formula is C21H29N5O2. The van der Waals surface area contributed by atoms with Gasteiger partial charge in [0.1, 0.15) is 0 Å². The number of hydrogen-bond donors (Lipinski definition) is 0. The van der Waals surface area contributed by atoms with Crippen molar-refractivity contribution in [2.75, 3.05) is 39.3 Å². The molecule has 1 aliphatic rings. The minimum atomic E-state index is -0.0534. The van der Waals surface area contributed by atoms with Crippen LogP contribution in [-0.4, -0.2) is 60.1 Å². The molecule has 0 radical (unpaired) electrons. The quantitative estimate of drug-likeness (QED) is 0.764. The smallest absolute Gasteiger partial charge is 0.225 e. The van der Waals surface area contributed by atoms with Gasteiger partial charge in [-0.25, -0.2) is 9.97 Å². The fourth-order valence-electron chi connectivity index (χ4n) is 3.69. The highest BCUT2D eigenvalue weighted by molar-refractivity contribution is 5.78. The van der Waals surface area contributed by atoms with Crippen LogP contribution in [0, 0.1) is 6.92 Å². The Kier molecular flexibility index (Phi) is 6.57. The van der Waals surface area contributed by atoms with Crippen LogP contribution in [0.3, 0.4) is 0 Å². The highest BCUT2D eigenvalue weighted by atomic mass is 16.5. The molecule has 0 spiro atoms. The molecule has 3 heterocycles. The van der Waals surface area contributed by atoms with Crippen molar-refractivity contribution < 1.29 is 9.53 Å². The number of hydrogen-bond acceptors (Lipinski definition) is 6. The van der Waals surface area contributed by atoms with Crippen molar-refractivity contribution in [2.45, 2.75) is 38.6 Å². The summed E-state index contributed by atoms with van der Waals surface area (Å²) in [7, 11) is 5.48. The molecule has 2 aromatic heterocycles. The van der Waals surface area contributed by atoms with Gasteiger partial charge in [0.2, 0.25) is 11.9 Å². The Bertz CT molecular complexity index is 824. The molecule has 7 nitrogen and oxygen atoms in total. The summed E-state index contributed by atoms with van der Waals surface area (Å²) < 4.78 is 5.12. The number of methoxy groups -OCH3 is 1. The van der Waals surface area contributed by atoms with Crippen LogP contribution in [0.2, 0.25) is 0 Å². The molecule has 1 saturated heterocycles. The van der Waals surface area contributed by atoms with Crippen LogP contribution in [0.4, 0.5) is 5.95 Å². The van der Waals surface area contributed by atoms with Gasteiger partial charge in [-0.3, -0.25) is 9.78 Å². The predicted octanol–water partition coefficient (Wildman–Crippen LogP) is 3.00. The van der Waals surface area contributed by atoms with Crippen LogP contribution < -0.4 is 4.90 Å². The number of aromatic nitrogens is 3. The van der Waals surface area contributed by atoms with Gasteiger partial charge in [-0.1, -0.05) is 0 Å². The van der Waals surface area contributed by atoms with Crippen LogP contribution in [0.15, 0.2) is 24.7 Å². The molecule has 28 heavy (non-hydrogen) atoms. The molecule has 0 saturated carbocycles. The van der Waals surface area contributed by atoms with Crippen molar-refractivity contribution in [1.82, 2.24) is 19.9 Å². The second-order valence-corrected chi connectivity index (χ2v) is 7.40. The Morgan fingerprint density at radius 3 is 2.82 bits per heavy atom. The number of piperidine rings is 1. The first-order valence-electron chi connectivity index (χ1n) is 9.76. The average Bonchev–Trinajstić information content (AvgIpc) is 2.72. The molecule has 150 valence electrons. The normalized spacial score (nSPS) is 16.9. The molecule has 3 rings (SSSR count). The summed E-state index contributed by atoms with van der Waals surface area (Å²) >= 11 is 0. The van der Waals surface area contributed by atoms with Crippen molar-refractivity contribution >= 4 is 11.9 Å². The zero-order valence-electron chi connectivity index (χ0n) is 17.2. The number of ether oxygens (including phenoxy) is 1. The Hall–Kier alpha value is -2.54. The Morgan fingerprint density at radius 1 is 1.29 bits per heavy atom. The second-order valence-electron chi connectivity index (χ2n) is 7.40. The number of nitrogens with zero attached hydrogens (tertiary/aromatic N) is 5. The van der Waals surface area contributed by atoms with Gasteiger partial charge in [-0.05, 0) is 43.4 Å². The van der Waals surface area contributed by atoms with E-state index in [9.17, 15) is 4.79 Å². The highest BCUT2D eigenvalue weighted by Gasteiger charge is 2.31. The maximum Gasteiger partial charge on any atom is 0.225 e. The standard InChI is InChI=1S/C21H29N5O2/c1-15-13-22-10-8-16(15)17-14-23-21(25(2)3)24-20(17)18-7-5-6-11-26(18)19(27)9-12-28-4/h8,10,13-14,18H,5-7,9,11-12H2,1-4H3. The second kappa shape index (κ2) is 9.10. The van der Waals surface area contributed by atoms with Gasteiger partial charge in [0.05, 0.1) is 24.8 Å². The van der Waals surface area contributed by atoms with E-state index in [2.05, 4.69) is 9.97 Å². The summed E-state index contributed by atoms with van der Waals surface area (Å²) in [6, 6.07) is 1.94. The van der Waals surface area contributed by atoms with Crippen molar-refractivity contribution in [1.29, 1.82) is 0 Å². The maximum absolute atomic E-state index is 12.9. The Morgan fingerprint density at radius 2 is 2.11 bits per heavy atom. The van der Waals surface area contributed by atoms with Crippen LogP contribution in [0.25, 0.3) is 11.1 Å². The molecule has 1 fully saturated rings. The lowest BCUT2D eigenvalue weighted by Gasteiger charge is -2.36. The van der Waals surface area contributed by atoms with Crippen molar-refractivity contribution in [3.05, 3.63) is 35.9 Å². The number of aryl methyl sites for hydroxylation is 1.